The average Bonchev–Trinajstić information content (AvgIpc) is 2.17. The molecule has 0 bridgehead atoms. The zero-order chi connectivity index (χ0) is 10.8. The van der Waals surface area contributed by atoms with Gasteiger partial charge < -0.3 is 0 Å². The molecule has 0 fully saturated rings. The lowest BCUT2D eigenvalue weighted by molar-refractivity contribution is -0.421. The number of hydrogen-bond donors (Lipinski definition) is 0. The van der Waals surface area contributed by atoms with Crippen LogP contribution in [0, 0.1) is 6.04 Å². The minimum Gasteiger partial charge on any atom is -0.255 e. The topological polar surface area (TPSA) is 3.01 Å². The second-order valence-electron chi connectivity index (χ2n) is 3.88. The molecule has 0 aliphatic carbocycles. The van der Waals surface area contributed by atoms with Crippen LogP contribution in [0.2, 0.25) is 0 Å². The van der Waals surface area contributed by atoms with Crippen molar-refractivity contribution in [2.45, 2.75) is 13.8 Å². The largest absolute Gasteiger partial charge is 0.255 e. The smallest absolute Gasteiger partial charge is 0.149 e. The Bertz CT molecular complexity index is 438. The molecule has 0 N–H and O–H groups in total. The summed E-state index contributed by atoms with van der Waals surface area (Å²) >= 11 is 0. The maximum Gasteiger partial charge on any atom is 0.149 e. The Kier molecular flexibility index (Phi) is 2.46. The first-order chi connectivity index (χ1) is 7.18. The van der Waals surface area contributed by atoms with Crippen LogP contribution in [0.25, 0.3) is 0 Å². The summed E-state index contributed by atoms with van der Waals surface area (Å²) in [5.74, 6) is 0. The van der Waals surface area contributed by atoms with Crippen LogP contribution in [0.4, 0.5) is 0 Å². The molecule has 0 radical (unpaired) electrons. The Balaban J connectivity index is 2.41. The molecule has 0 amide bonds. The Morgan fingerprint density at radius 2 is 1.80 bits per heavy atom. The molecule has 76 valence electrons. The molecule has 1 aromatic carbocycles. The third-order valence-corrected chi connectivity index (χ3v) is 2.51. The molecule has 0 unspecified atom stereocenters. The van der Waals surface area contributed by atoms with E-state index < -0.39 is 0 Å². The summed E-state index contributed by atoms with van der Waals surface area (Å²) < 4.78 is 1.94. The standard InChI is InChI=1S/C14H15N/c1-11-9-12(2)14(15(3)10-11)13-7-5-4-6-8-13/h4-10H,3H2,1-2H3. The van der Waals surface area contributed by atoms with Gasteiger partial charge in [0.2, 0.25) is 0 Å². The van der Waals surface area contributed by atoms with E-state index in [4.69, 9.17) is 0 Å². The number of allylic oxidation sites excluding steroid dienone is 2. The van der Waals surface area contributed by atoms with E-state index in [2.05, 4.69) is 57.1 Å². The van der Waals surface area contributed by atoms with E-state index in [1.807, 2.05) is 10.6 Å². The van der Waals surface area contributed by atoms with Gasteiger partial charge in [0, 0.05) is 0 Å². The van der Waals surface area contributed by atoms with E-state index in [0.717, 1.165) is 0 Å². The highest BCUT2D eigenvalue weighted by Crippen LogP contribution is 2.28. The highest BCUT2D eigenvalue weighted by molar-refractivity contribution is 5.44. The van der Waals surface area contributed by atoms with Gasteiger partial charge in [0.25, 0.3) is 0 Å². The lowest BCUT2D eigenvalue weighted by Crippen LogP contribution is -2.17. The quantitative estimate of drug-likeness (QED) is 0.480. The van der Waals surface area contributed by atoms with Crippen molar-refractivity contribution in [1.82, 2.24) is 0 Å². The van der Waals surface area contributed by atoms with Gasteiger partial charge >= 0.3 is 0 Å². The van der Waals surface area contributed by atoms with Crippen molar-refractivity contribution in [3.8, 4) is 0 Å². The van der Waals surface area contributed by atoms with E-state index in [9.17, 15) is 0 Å². The fraction of sp³-hybridized carbons (Fsp3) is 0.143. The van der Waals surface area contributed by atoms with Crippen LogP contribution in [-0.2, 0) is 0 Å². The van der Waals surface area contributed by atoms with E-state index >= 15 is 0 Å². The zero-order valence-corrected chi connectivity index (χ0v) is 9.20. The molecular formula is C14H15N. The Hall–Kier alpha value is -1.76. The predicted octanol–water partition coefficient (Wildman–Crippen LogP) is 3.14. The average molecular weight is 197 g/mol. The minimum absolute atomic E-state index is 1.18. The zero-order valence-electron chi connectivity index (χ0n) is 9.20. The van der Waals surface area contributed by atoms with Crippen molar-refractivity contribution in [2.75, 3.05) is 0 Å². The Morgan fingerprint density at radius 1 is 1.13 bits per heavy atom. The second-order valence-corrected chi connectivity index (χ2v) is 3.88. The van der Waals surface area contributed by atoms with Crippen molar-refractivity contribution in [1.29, 1.82) is 0 Å². The van der Waals surface area contributed by atoms with E-state index in [1.165, 1.54) is 22.8 Å². The lowest BCUT2D eigenvalue weighted by atomic mass is 9.95. The molecule has 1 aliphatic rings. The molecule has 15 heavy (non-hydrogen) atoms. The monoisotopic (exact) mass is 197 g/mol. The van der Waals surface area contributed by atoms with Gasteiger partial charge in [0.1, 0.15) is 12.2 Å². The lowest BCUT2D eigenvalue weighted by Gasteiger charge is -2.22. The Labute approximate surface area is 91.1 Å². The fourth-order valence-corrected chi connectivity index (χ4v) is 1.97. The summed E-state index contributed by atoms with van der Waals surface area (Å²) in [6.45, 7) is 8.24. The highest BCUT2D eigenvalue weighted by Gasteiger charge is 2.20. The van der Waals surface area contributed by atoms with Crippen molar-refractivity contribution in [2.24, 2.45) is 0 Å². The van der Waals surface area contributed by atoms with Crippen LogP contribution >= 0.6 is 0 Å². The first kappa shape index (κ1) is 9.78. The van der Waals surface area contributed by atoms with Gasteiger partial charge in [-0.2, -0.15) is 0 Å². The molecule has 2 rings (SSSR count). The molecule has 1 nitrogen and oxygen atoms in total. The summed E-state index contributed by atoms with van der Waals surface area (Å²) in [5, 5.41) is 0. The van der Waals surface area contributed by atoms with Gasteiger partial charge in [0.15, 0.2) is 0 Å². The summed E-state index contributed by atoms with van der Waals surface area (Å²) in [7, 11) is 0. The molecule has 0 atom stereocenters. The second kappa shape index (κ2) is 3.77. The Morgan fingerprint density at radius 3 is 2.40 bits per heavy atom. The summed E-state index contributed by atoms with van der Waals surface area (Å²) in [6, 6.07) is 11.5. The molecule has 1 heterocycles. The number of hydrogen-bond acceptors (Lipinski definition) is 0. The highest BCUT2D eigenvalue weighted by atomic mass is 15.0. The predicted molar refractivity (Wildman–Crippen MR) is 63.7 cm³/mol. The van der Waals surface area contributed by atoms with Crippen LogP contribution in [0.1, 0.15) is 19.4 Å². The maximum absolute atomic E-state index is 4.04. The van der Waals surface area contributed by atoms with Crippen LogP contribution < -0.4 is 0 Å². The first-order valence-electron chi connectivity index (χ1n) is 5.07. The number of benzene rings is 1. The third kappa shape index (κ3) is 1.86. The van der Waals surface area contributed by atoms with Gasteiger partial charge in [-0.1, -0.05) is 24.3 Å². The first-order valence-corrected chi connectivity index (χ1v) is 5.07. The molecule has 1 heteroatoms. The molecule has 0 saturated heterocycles. The molecule has 1 aromatic rings. The van der Waals surface area contributed by atoms with Crippen molar-refractivity contribution in [3.05, 3.63) is 65.4 Å². The van der Waals surface area contributed by atoms with Gasteiger partial charge in [-0.25, -0.2) is 0 Å². The summed E-state index contributed by atoms with van der Waals surface area (Å²) in [6.07, 6.45) is 4.24. The van der Waals surface area contributed by atoms with Crippen LogP contribution in [0.15, 0.2) is 53.8 Å². The van der Waals surface area contributed by atoms with Crippen LogP contribution in [0.3, 0.4) is 0 Å². The molecule has 0 saturated carbocycles. The van der Waals surface area contributed by atoms with Gasteiger partial charge in [-0.3, -0.25) is 4.58 Å². The number of rotatable bonds is 1. The van der Waals surface area contributed by atoms with Gasteiger partial charge in [0.05, 0.1) is 6.72 Å². The summed E-state index contributed by atoms with van der Waals surface area (Å²) in [5.41, 5.74) is 3.71. The molecular weight excluding hydrogens is 182 g/mol. The van der Waals surface area contributed by atoms with Crippen LogP contribution in [-0.4, -0.2) is 11.3 Å². The number of nitrogens with zero attached hydrogens (tertiary/aromatic N) is 1. The minimum atomic E-state index is 1.18. The van der Waals surface area contributed by atoms with Crippen molar-refractivity contribution in [3.63, 3.8) is 0 Å². The van der Waals surface area contributed by atoms with Crippen LogP contribution in [0.5, 0.6) is 0 Å². The fourth-order valence-electron chi connectivity index (χ4n) is 1.97. The van der Waals surface area contributed by atoms with Crippen molar-refractivity contribution >= 4 is 6.72 Å². The van der Waals surface area contributed by atoms with E-state index in [0.29, 0.717) is 0 Å². The van der Waals surface area contributed by atoms with E-state index in [1.54, 1.807) is 0 Å². The van der Waals surface area contributed by atoms with E-state index in [-0.39, 0.29) is 0 Å². The normalized spacial score (nSPS) is 16.1. The molecule has 1 aliphatic heterocycles. The maximum atomic E-state index is 4.04. The SMILES string of the molecule is C=[N+]1C=C(C)C=C(C)[C-]1c1ccccc1. The molecule has 0 spiro atoms. The van der Waals surface area contributed by atoms with Gasteiger partial charge in [-0.15, -0.1) is 12.1 Å². The summed E-state index contributed by atoms with van der Waals surface area (Å²) in [4.78, 5) is 0. The van der Waals surface area contributed by atoms with Crippen molar-refractivity contribution < 1.29 is 4.58 Å². The third-order valence-electron chi connectivity index (χ3n) is 2.51. The van der Waals surface area contributed by atoms with Gasteiger partial charge in [-0.05, 0) is 30.6 Å². The molecule has 0 aromatic heterocycles.